The van der Waals surface area contributed by atoms with E-state index < -0.39 is 0 Å². The van der Waals surface area contributed by atoms with Gasteiger partial charge < -0.3 is 19.9 Å². The molecule has 5 rings (SSSR count). The fourth-order valence-corrected chi connectivity index (χ4v) is 5.05. The first kappa shape index (κ1) is 20.5. The van der Waals surface area contributed by atoms with Crippen molar-refractivity contribution in [1.82, 2.24) is 4.90 Å². The summed E-state index contributed by atoms with van der Waals surface area (Å²) in [7, 11) is 1.66. The third-order valence-corrected chi connectivity index (χ3v) is 6.98. The summed E-state index contributed by atoms with van der Waals surface area (Å²) in [6.07, 6.45) is 0. The molecule has 0 atom stereocenters. The van der Waals surface area contributed by atoms with Gasteiger partial charge >= 0.3 is 0 Å². The Morgan fingerprint density at radius 3 is 2.44 bits per heavy atom. The van der Waals surface area contributed by atoms with E-state index in [1.165, 1.54) is 11.8 Å². The molecule has 1 saturated heterocycles. The lowest BCUT2D eigenvalue weighted by Gasteiger charge is -2.36. The molecular formula is C25H23N3O3S. The highest BCUT2D eigenvalue weighted by molar-refractivity contribution is 7.99. The zero-order chi connectivity index (χ0) is 22.1. The van der Waals surface area contributed by atoms with Crippen molar-refractivity contribution < 1.29 is 14.3 Å². The zero-order valence-electron chi connectivity index (χ0n) is 17.7. The Balaban J connectivity index is 1.29. The third-order valence-electron chi connectivity index (χ3n) is 5.83. The lowest BCUT2D eigenvalue weighted by molar-refractivity contribution is 0.0746. The molecule has 6 nitrogen and oxygen atoms in total. The number of methoxy groups -OCH3 is 1. The van der Waals surface area contributed by atoms with Gasteiger partial charge in [0.15, 0.2) is 0 Å². The Hall–Kier alpha value is -3.45. The van der Waals surface area contributed by atoms with Crippen LogP contribution < -0.4 is 15.0 Å². The molecule has 2 amide bonds. The van der Waals surface area contributed by atoms with E-state index in [1.54, 1.807) is 13.2 Å². The molecular weight excluding hydrogens is 422 g/mol. The molecule has 162 valence electrons. The molecule has 3 aromatic rings. The van der Waals surface area contributed by atoms with Gasteiger partial charge in [-0.15, -0.1) is 0 Å². The molecule has 3 aromatic carbocycles. The number of benzene rings is 3. The van der Waals surface area contributed by atoms with Gasteiger partial charge in [-0.1, -0.05) is 23.9 Å². The van der Waals surface area contributed by atoms with Gasteiger partial charge in [0.1, 0.15) is 5.75 Å². The second kappa shape index (κ2) is 8.59. The highest BCUT2D eigenvalue weighted by Gasteiger charge is 2.25. The van der Waals surface area contributed by atoms with Gasteiger partial charge in [0.2, 0.25) is 0 Å². The van der Waals surface area contributed by atoms with Gasteiger partial charge in [0.05, 0.1) is 18.4 Å². The van der Waals surface area contributed by atoms with Crippen LogP contribution in [0.4, 0.5) is 11.4 Å². The summed E-state index contributed by atoms with van der Waals surface area (Å²) in [6.45, 7) is 2.83. The predicted octanol–water partition coefficient (Wildman–Crippen LogP) is 4.37. The summed E-state index contributed by atoms with van der Waals surface area (Å²) >= 11 is 1.54. The van der Waals surface area contributed by atoms with Crippen LogP contribution in [0.1, 0.15) is 20.7 Å². The van der Waals surface area contributed by atoms with Crippen molar-refractivity contribution in [3.63, 3.8) is 0 Å². The molecule has 0 aliphatic carbocycles. The Kier molecular flexibility index (Phi) is 5.49. The number of nitrogens with one attached hydrogen (secondary N) is 1. The maximum Gasteiger partial charge on any atom is 0.256 e. The number of fused-ring (bicyclic) bond motifs is 2. The Bertz CT molecular complexity index is 1170. The van der Waals surface area contributed by atoms with Crippen molar-refractivity contribution in [2.75, 3.05) is 43.5 Å². The monoisotopic (exact) mass is 445 g/mol. The minimum Gasteiger partial charge on any atom is -0.497 e. The number of carbonyl (C=O) groups excluding carboxylic acids is 2. The van der Waals surface area contributed by atoms with Crippen LogP contribution >= 0.6 is 11.8 Å². The number of piperazine rings is 1. The van der Waals surface area contributed by atoms with Crippen LogP contribution in [-0.4, -0.2) is 50.0 Å². The van der Waals surface area contributed by atoms with Crippen LogP contribution in [0.15, 0.2) is 76.5 Å². The number of hydrogen-bond donors (Lipinski definition) is 1. The zero-order valence-corrected chi connectivity index (χ0v) is 18.5. The molecule has 0 radical (unpaired) electrons. The summed E-state index contributed by atoms with van der Waals surface area (Å²) < 4.78 is 5.23. The number of carbonyl (C=O) groups is 2. The number of nitrogens with zero attached hydrogens (tertiary/aromatic N) is 2. The first-order valence-corrected chi connectivity index (χ1v) is 11.3. The molecule has 2 aliphatic rings. The minimum absolute atomic E-state index is 0.0109. The van der Waals surface area contributed by atoms with Gasteiger partial charge in [-0.3, -0.25) is 9.59 Å². The van der Waals surface area contributed by atoms with Gasteiger partial charge in [-0.25, -0.2) is 0 Å². The normalized spacial score (nSPS) is 15.3. The van der Waals surface area contributed by atoms with Gasteiger partial charge in [0, 0.05) is 47.2 Å². The molecule has 1 N–H and O–H groups in total. The Morgan fingerprint density at radius 2 is 1.69 bits per heavy atom. The quantitative estimate of drug-likeness (QED) is 0.649. The van der Waals surface area contributed by atoms with Crippen LogP contribution in [0.3, 0.4) is 0 Å². The molecule has 1 fully saturated rings. The first-order chi connectivity index (χ1) is 15.6. The van der Waals surface area contributed by atoms with Crippen LogP contribution in [0.2, 0.25) is 0 Å². The topological polar surface area (TPSA) is 61.9 Å². The second-order valence-electron chi connectivity index (χ2n) is 7.74. The first-order valence-electron chi connectivity index (χ1n) is 10.5. The summed E-state index contributed by atoms with van der Waals surface area (Å²) in [5, 5.41) is 2.97. The highest BCUT2D eigenvalue weighted by atomic mass is 32.2. The summed E-state index contributed by atoms with van der Waals surface area (Å²) in [6, 6.07) is 21.1. The van der Waals surface area contributed by atoms with E-state index in [4.69, 9.17) is 4.74 Å². The van der Waals surface area contributed by atoms with E-state index in [1.807, 2.05) is 65.6 Å². The number of ether oxygens (including phenoxy) is 1. The average Bonchev–Trinajstić information content (AvgIpc) is 2.99. The van der Waals surface area contributed by atoms with Crippen LogP contribution in [0.5, 0.6) is 5.75 Å². The second-order valence-corrected chi connectivity index (χ2v) is 8.82. The maximum absolute atomic E-state index is 13.2. The van der Waals surface area contributed by atoms with E-state index in [2.05, 4.69) is 10.2 Å². The summed E-state index contributed by atoms with van der Waals surface area (Å²) in [5.41, 5.74) is 3.05. The minimum atomic E-state index is -0.149. The van der Waals surface area contributed by atoms with Crippen molar-refractivity contribution in [2.24, 2.45) is 0 Å². The van der Waals surface area contributed by atoms with Crippen LogP contribution in [-0.2, 0) is 0 Å². The average molecular weight is 446 g/mol. The number of rotatable bonds is 3. The molecule has 2 heterocycles. The van der Waals surface area contributed by atoms with Crippen molar-refractivity contribution in [3.05, 3.63) is 77.9 Å². The standard InChI is InChI=1S/C25H23N3O3S/c1-31-19-9-7-18(8-10-19)27-12-14-28(15-13-27)25(30)17-6-11-23-21(16-17)26-24(29)20-4-2-3-5-22(20)32-23/h2-11,16H,12-15H2,1H3,(H,26,29). The van der Waals surface area contributed by atoms with Gasteiger partial charge in [-0.05, 0) is 54.6 Å². The number of amides is 2. The summed E-state index contributed by atoms with van der Waals surface area (Å²) in [4.78, 5) is 31.8. The maximum atomic E-state index is 13.2. The number of hydrogen-bond acceptors (Lipinski definition) is 5. The highest BCUT2D eigenvalue weighted by Crippen LogP contribution is 2.39. The largest absolute Gasteiger partial charge is 0.497 e. The molecule has 0 bridgehead atoms. The smallest absolute Gasteiger partial charge is 0.256 e. The SMILES string of the molecule is COc1ccc(N2CCN(C(=O)c3ccc4c(c3)NC(=O)c3ccccc3S4)CC2)cc1. The lowest BCUT2D eigenvalue weighted by Crippen LogP contribution is -2.48. The third kappa shape index (κ3) is 3.91. The van der Waals surface area contributed by atoms with Crippen LogP contribution in [0, 0.1) is 0 Å². The Morgan fingerprint density at radius 1 is 0.938 bits per heavy atom. The fourth-order valence-electron chi connectivity index (χ4n) is 4.04. The molecule has 32 heavy (non-hydrogen) atoms. The molecule has 0 unspecified atom stereocenters. The van der Waals surface area contributed by atoms with Gasteiger partial charge in [0.25, 0.3) is 11.8 Å². The molecule has 0 aromatic heterocycles. The summed E-state index contributed by atoms with van der Waals surface area (Å²) in [5.74, 6) is 0.673. The fraction of sp³-hybridized carbons (Fsp3) is 0.200. The van der Waals surface area contributed by atoms with E-state index in [0.29, 0.717) is 29.9 Å². The predicted molar refractivity (Wildman–Crippen MR) is 126 cm³/mol. The molecule has 2 aliphatic heterocycles. The Labute approximate surface area is 191 Å². The molecule has 7 heteroatoms. The van der Waals surface area contributed by atoms with E-state index in [-0.39, 0.29) is 11.8 Å². The lowest BCUT2D eigenvalue weighted by atomic mass is 10.1. The van der Waals surface area contributed by atoms with Crippen molar-refractivity contribution in [1.29, 1.82) is 0 Å². The van der Waals surface area contributed by atoms with Crippen molar-refractivity contribution in [3.8, 4) is 5.75 Å². The van der Waals surface area contributed by atoms with Crippen LogP contribution in [0.25, 0.3) is 0 Å². The van der Waals surface area contributed by atoms with E-state index >= 15 is 0 Å². The molecule has 0 saturated carbocycles. The van der Waals surface area contributed by atoms with Crippen molar-refractivity contribution >= 4 is 35.0 Å². The van der Waals surface area contributed by atoms with E-state index in [0.717, 1.165) is 34.3 Å². The van der Waals surface area contributed by atoms with Crippen molar-refractivity contribution in [2.45, 2.75) is 9.79 Å². The van der Waals surface area contributed by atoms with E-state index in [9.17, 15) is 9.59 Å². The number of anilines is 2. The molecule has 0 spiro atoms. The van der Waals surface area contributed by atoms with Gasteiger partial charge in [-0.2, -0.15) is 0 Å².